The average Bonchev–Trinajstić information content (AvgIpc) is 2.87. The summed E-state index contributed by atoms with van der Waals surface area (Å²) in [6.45, 7) is 7.42. The van der Waals surface area contributed by atoms with Gasteiger partial charge in [0.1, 0.15) is 5.75 Å². The van der Waals surface area contributed by atoms with Crippen molar-refractivity contribution in [3.05, 3.63) is 71.3 Å². The summed E-state index contributed by atoms with van der Waals surface area (Å²) in [5.74, 6) is 0.357. The van der Waals surface area contributed by atoms with E-state index in [9.17, 15) is 4.79 Å². The van der Waals surface area contributed by atoms with Gasteiger partial charge in [0.15, 0.2) is 0 Å². The summed E-state index contributed by atoms with van der Waals surface area (Å²) in [6, 6.07) is 16.2. The smallest absolute Gasteiger partial charge is 0.328 e. The Bertz CT molecular complexity index is 900. The zero-order valence-electron chi connectivity index (χ0n) is 21.8. The van der Waals surface area contributed by atoms with Crippen molar-refractivity contribution in [2.24, 2.45) is 10.9 Å². The lowest BCUT2D eigenvalue weighted by Gasteiger charge is -2.19. The number of rotatable bonds is 17. The van der Waals surface area contributed by atoms with E-state index in [1.807, 2.05) is 42.6 Å². The van der Waals surface area contributed by atoms with Gasteiger partial charge in [-0.15, -0.1) is 0 Å². The molecule has 4 heteroatoms. The molecule has 0 spiro atoms. The van der Waals surface area contributed by atoms with E-state index in [0.717, 1.165) is 48.0 Å². The zero-order valence-corrected chi connectivity index (χ0v) is 21.8. The summed E-state index contributed by atoms with van der Waals surface area (Å²) < 4.78 is 5.92. The molecule has 0 saturated carbocycles. The highest BCUT2D eigenvalue weighted by atomic mass is 16.5. The van der Waals surface area contributed by atoms with E-state index < -0.39 is 5.97 Å². The first-order valence-corrected chi connectivity index (χ1v) is 13.3. The monoisotopic (exact) mass is 477 g/mol. The first kappa shape index (κ1) is 28.4. The van der Waals surface area contributed by atoms with Gasteiger partial charge in [-0.2, -0.15) is 0 Å². The number of aliphatic carboxylic acids is 1. The fourth-order valence-electron chi connectivity index (χ4n) is 4.00. The third-order valence-electron chi connectivity index (χ3n) is 6.41. The fourth-order valence-corrected chi connectivity index (χ4v) is 4.00. The maximum absolute atomic E-state index is 10.7. The van der Waals surface area contributed by atoms with Gasteiger partial charge in [0.05, 0.1) is 12.6 Å². The number of carboxylic acid groups (broad SMARTS) is 1. The van der Waals surface area contributed by atoms with Crippen LogP contribution in [0.3, 0.4) is 0 Å². The van der Waals surface area contributed by atoms with E-state index in [2.05, 4.69) is 32.9 Å². The maximum Gasteiger partial charge on any atom is 0.328 e. The second kappa shape index (κ2) is 16.7. The molecule has 0 aliphatic rings. The molecule has 0 aromatic heterocycles. The molecule has 0 fully saturated rings. The summed E-state index contributed by atoms with van der Waals surface area (Å²) in [7, 11) is 0. The number of hydrogen-bond donors (Lipinski definition) is 1. The largest absolute Gasteiger partial charge is 0.494 e. The Kier molecular flexibility index (Phi) is 13.5. The standard InChI is InChI=1S/C31H43NO3/c1-4-6-7-8-9-10-11-12-23-35-29-20-15-27(16-21-29)24-32-31(25(3)5-2)28-18-13-26(14-19-28)17-22-30(33)34/h13-22,24-25,31H,4-12,23H2,1-3H3,(H,33,34). The van der Waals surface area contributed by atoms with E-state index in [1.54, 1.807) is 6.08 Å². The molecule has 0 bridgehead atoms. The third kappa shape index (κ3) is 11.4. The summed E-state index contributed by atoms with van der Waals surface area (Å²) in [4.78, 5) is 15.6. The molecule has 35 heavy (non-hydrogen) atoms. The van der Waals surface area contributed by atoms with E-state index in [1.165, 1.54) is 44.9 Å². The Morgan fingerprint density at radius 3 is 2.09 bits per heavy atom. The Balaban J connectivity index is 1.85. The van der Waals surface area contributed by atoms with Gasteiger partial charge in [-0.3, -0.25) is 4.99 Å². The molecule has 0 aliphatic heterocycles. The van der Waals surface area contributed by atoms with Gasteiger partial charge in [0.2, 0.25) is 0 Å². The minimum atomic E-state index is -0.944. The number of carbonyl (C=O) groups is 1. The molecule has 2 rings (SSSR count). The van der Waals surface area contributed by atoms with Crippen molar-refractivity contribution in [2.75, 3.05) is 6.61 Å². The van der Waals surface area contributed by atoms with Crippen molar-refractivity contribution in [1.82, 2.24) is 0 Å². The molecule has 0 saturated heterocycles. The van der Waals surface area contributed by atoms with Gasteiger partial charge >= 0.3 is 5.97 Å². The van der Waals surface area contributed by atoms with Gasteiger partial charge in [-0.05, 0) is 59.4 Å². The minimum Gasteiger partial charge on any atom is -0.494 e. The Hall–Kier alpha value is -2.88. The summed E-state index contributed by atoms with van der Waals surface area (Å²) in [5, 5.41) is 8.81. The lowest BCUT2D eigenvalue weighted by atomic mass is 9.92. The molecule has 2 atom stereocenters. The van der Waals surface area contributed by atoms with Crippen LogP contribution >= 0.6 is 0 Å². The highest BCUT2D eigenvalue weighted by Crippen LogP contribution is 2.29. The first-order chi connectivity index (χ1) is 17.0. The van der Waals surface area contributed by atoms with Crippen molar-refractivity contribution in [3.63, 3.8) is 0 Å². The van der Waals surface area contributed by atoms with Gasteiger partial charge < -0.3 is 9.84 Å². The van der Waals surface area contributed by atoms with E-state index in [4.69, 9.17) is 14.8 Å². The summed E-state index contributed by atoms with van der Waals surface area (Å²) in [6.07, 6.45) is 16.1. The molecule has 2 aromatic rings. The van der Waals surface area contributed by atoms with Crippen molar-refractivity contribution in [2.45, 2.75) is 84.6 Å². The topological polar surface area (TPSA) is 58.9 Å². The zero-order chi connectivity index (χ0) is 25.3. The van der Waals surface area contributed by atoms with Gasteiger partial charge in [0, 0.05) is 12.3 Å². The van der Waals surface area contributed by atoms with Crippen LogP contribution in [0.2, 0.25) is 0 Å². The molecular weight excluding hydrogens is 434 g/mol. The number of aliphatic imine (C=N–C) groups is 1. The first-order valence-electron chi connectivity index (χ1n) is 13.3. The minimum absolute atomic E-state index is 0.0513. The molecule has 2 aromatic carbocycles. The lowest BCUT2D eigenvalue weighted by Crippen LogP contribution is -2.07. The highest BCUT2D eigenvalue weighted by molar-refractivity contribution is 5.85. The number of carboxylic acids is 1. The third-order valence-corrected chi connectivity index (χ3v) is 6.41. The molecule has 4 nitrogen and oxygen atoms in total. The van der Waals surface area contributed by atoms with Gasteiger partial charge in [-0.25, -0.2) is 4.79 Å². The fraction of sp³-hybridized carbons (Fsp3) is 0.484. The van der Waals surface area contributed by atoms with E-state index in [-0.39, 0.29) is 6.04 Å². The maximum atomic E-state index is 10.7. The molecule has 0 aliphatic carbocycles. The summed E-state index contributed by atoms with van der Waals surface area (Å²) in [5.41, 5.74) is 3.05. The van der Waals surface area contributed by atoms with E-state index in [0.29, 0.717) is 5.92 Å². The number of hydrogen-bond acceptors (Lipinski definition) is 3. The highest BCUT2D eigenvalue weighted by Gasteiger charge is 2.16. The van der Waals surface area contributed by atoms with Crippen LogP contribution in [0, 0.1) is 5.92 Å². The van der Waals surface area contributed by atoms with Crippen molar-refractivity contribution in [3.8, 4) is 5.75 Å². The van der Waals surface area contributed by atoms with Crippen LogP contribution in [-0.4, -0.2) is 23.9 Å². The van der Waals surface area contributed by atoms with Crippen LogP contribution in [0.4, 0.5) is 0 Å². The number of ether oxygens (including phenoxy) is 1. The van der Waals surface area contributed by atoms with E-state index >= 15 is 0 Å². The quantitative estimate of drug-likeness (QED) is 0.141. The van der Waals surface area contributed by atoms with Gasteiger partial charge in [-0.1, -0.05) is 96.4 Å². The predicted octanol–water partition coefficient (Wildman–Crippen LogP) is 8.51. The van der Waals surface area contributed by atoms with Gasteiger partial charge in [0.25, 0.3) is 0 Å². The Morgan fingerprint density at radius 1 is 0.886 bits per heavy atom. The van der Waals surface area contributed by atoms with Crippen LogP contribution in [-0.2, 0) is 4.79 Å². The SMILES string of the molecule is CCCCCCCCCCOc1ccc(C=NC(c2ccc(C=CC(=O)O)cc2)C(C)CC)cc1. The van der Waals surface area contributed by atoms with Crippen LogP contribution in [0.5, 0.6) is 5.75 Å². The molecule has 190 valence electrons. The van der Waals surface area contributed by atoms with Crippen LogP contribution in [0.1, 0.15) is 101 Å². The molecule has 0 radical (unpaired) electrons. The van der Waals surface area contributed by atoms with Crippen molar-refractivity contribution >= 4 is 18.3 Å². The molecule has 0 heterocycles. The lowest BCUT2D eigenvalue weighted by molar-refractivity contribution is -0.131. The van der Waals surface area contributed by atoms with Crippen molar-refractivity contribution < 1.29 is 14.6 Å². The molecular formula is C31H43NO3. The molecule has 0 amide bonds. The Morgan fingerprint density at radius 2 is 1.49 bits per heavy atom. The number of unbranched alkanes of at least 4 members (excludes halogenated alkanes) is 7. The Labute approximate surface area is 212 Å². The van der Waals surface area contributed by atoms with Crippen LogP contribution < -0.4 is 4.74 Å². The van der Waals surface area contributed by atoms with Crippen molar-refractivity contribution in [1.29, 1.82) is 0 Å². The number of nitrogens with zero attached hydrogens (tertiary/aromatic N) is 1. The average molecular weight is 478 g/mol. The van der Waals surface area contributed by atoms with Crippen LogP contribution in [0.25, 0.3) is 6.08 Å². The van der Waals surface area contributed by atoms with Crippen LogP contribution in [0.15, 0.2) is 59.6 Å². The predicted molar refractivity (Wildman–Crippen MR) is 147 cm³/mol. The molecule has 2 unspecified atom stereocenters. The second-order valence-electron chi connectivity index (χ2n) is 9.34. The normalized spacial score (nSPS) is 13.3. The molecule has 1 N–H and O–H groups in total. The summed E-state index contributed by atoms with van der Waals surface area (Å²) >= 11 is 0. The second-order valence-corrected chi connectivity index (χ2v) is 9.34. The number of benzene rings is 2.